The summed E-state index contributed by atoms with van der Waals surface area (Å²) in [5, 5.41) is 5.35. The van der Waals surface area contributed by atoms with E-state index in [9.17, 15) is 14.4 Å². The van der Waals surface area contributed by atoms with Gasteiger partial charge in [0.25, 0.3) is 5.91 Å². The average Bonchev–Trinajstić information content (AvgIpc) is 2.67. The van der Waals surface area contributed by atoms with E-state index in [-0.39, 0.29) is 24.9 Å². The zero-order valence-corrected chi connectivity index (χ0v) is 16.1. The van der Waals surface area contributed by atoms with Crippen LogP contribution < -0.4 is 20.3 Å². The predicted molar refractivity (Wildman–Crippen MR) is 106 cm³/mol. The molecule has 28 heavy (non-hydrogen) atoms. The number of fused-ring (bicyclic) bond motifs is 1. The number of nitrogens with one attached hydrogen (secondary N) is 2. The Hall–Kier alpha value is -3.35. The zero-order chi connectivity index (χ0) is 20.3. The summed E-state index contributed by atoms with van der Waals surface area (Å²) < 4.78 is 5.55. The first-order valence-electron chi connectivity index (χ1n) is 9.06. The number of benzene rings is 2. The van der Waals surface area contributed by atoms with Gasteiger partial charge in [-0.05, 0) is 50.1 Å². The van der Waals surface area contributed by atoms with Gasteiger partial charge in [0.2, 0.25) is 11.8 Å². The first kappa shape index (κ1) is 19.4. The second-order valence-electron chi connectivity index (χ2n) is 6.72. The fourth-order valence-corrected chi connectivity index (χ4v) is 2.98. The van der Waals surface area contributed by atoms with Crippen LogP contribution in [0.15, 0.2) is 42.5 Å². The molecule has 0 aromatic heterocycles. The smallest absolute Gasteiger partial charge is 0.268 e. The Kier molecular flexibility index (Phi) is 5.63. The highest BCUT2D eigenvalue weighted by Crippen LogP contribution is 2.33. The summed E-state index contributed by atoms with van der Waals surface area (Å²) >= 11 is 0. The number of aryl methyl sites for hydroxylation is 1. The van der Waals surface area contributed by atoms with Crippen LogP contribution in [0.4, 0.5) is 11.4 Å². The molecule has 1 aliphatic heterocycles. The fourth-order valence-electron chi connectivity index (χ4n) is 2.98. The van der Waals surface area contributed by atoms with E-state index in [0.717, 1.165) is 11.1 Å². The molecule has 7 nitrogen and oxygen atoms in total. The standard InChI is InChI=1S/C21H23N3O4/c1-13-7-6-8-16(14(13)2)23-19(25)11-22-20(26)12-24-17-9-4-5-10-18(17)28-15(3)21(24)27/h4-10,15H,11-12H2,1-3H3,(H,22,26)(H,23,25)/t15-/m1/s1. The second-order valence-corrected chi connectivity index (χ2v) is 6.72. The molecule has 0 bridgehead atoms. The third-order valence-electron chi connectivity index (χ3n) is 4.70. The van der Waals surface area contributed by atoms with Crippen molar-refractivity contribution in [3.63, 3.8) is 0 Å². The van der Waals surface area contributed by atoms with Crippen LogP contribution in [0, 0.1) is 13.8 Å². The quantitative estimate of drug-likeness (QED) is 0.831. The number of anilines is 2. The van der Waals surface area contributed by atoms with Crippen molar-refractivity contribution in [1.29, 1.82) is 0 Å². The molecule has 0 saturated carbocycles. The summed E-state index contributed by atoms with van der Waals surface area (Å²) in [7, 11) is 0. The summed E-state index contributed by atoms with van der Waals surface area (Å²) in [6.07, 6.45) is -0.671. The molecule has 1 heterocycles. The Morgan fingerprint density at radius 2 is 1.82 bits per heavy atom. The molecule has 3 amide bonds. The second kappa shape index (κ2) is 8.12. The van der Waals surface area contributed by atoms with Crippen LogP contribution >= 0.6 is 0 Å². The largest absolute Gasteiger partial charge is 0.479 e. The van der Waals surface area contributed by atoms with Crippen molar-refractivity contribution in [3.8, 4) is 5.75 Å². The number of hydrogen-bond donors (Lipinski definition) is 2. The normalized spacial score (nSPS) is 15.5. The van der Waals surface area contributed by atoms with Crippen molar-refractivity contribution >= 4 is 29.1 Å². The molecule has 7 heteroatoms. The van der Waals surface area contributed by atoms with Gasteiger partial charge in [-0.25, -0.2) is 0 Å². The first-order valence-corrected chi connectivity index (χ1v) is 9.06. The van der Waals surface area contributed by atoms with E-state index >= 15 is 0 Å². The van der Waals surface area contributed by atoms with Gasteiger partial charge in [0, 0.05) is 5.69 Å². The highest BCUT2D eigenvalue weighted by atomic mass is 16.5. The molecule has 0 radical (unpaired) electrons. The molecule has 1 atom stereocenters. The number of rotatable bonds is 5. The van der Waals surface area contributed by atoms with Crippen LogP contribution in [0.5, 0.6) is 5.75 Å². The van der Waals surface area contributed by atoms with E-state index in [0.29, 0.717) is 17.1 Å². The van der Waals surface area contributed by atoms with Crippen LogP contribution in [-0.4, -0.2) is 36.9 Å². The summed E-state index contributed by atoms with van der Waals surface area (Å²) in [6, 6.07) is 12.7. The van der Waals surface area contributed by atoms with Crippen molar-refractivity contribution in [3.05, 3.63) is 53.6 Å². The number of para-hydroxylation sites is 2. The molecule has 2 aromatic carbocycles. The molecule has 146 valence electrons. The predicted octanol–water partition coefficient (Wildman–Crippen LogP) is 2.17. The van der Waals surface area contributed by atoms with E-state index in [1.54, 1.807) is 31.2 Å². The van der Waals surface area contributed by atoms with Crippen molar-refractivity contribution in [2.75, 3.05) is 23.3 Å². The zero-order valence-electron chi connectivity index (χ0n) is 16.1. The van der Waals surface area contributed by atoms with Gasteiger partial charge in [-0.15, -0.1) is 0 Å². The average molecular weight is 381 g/mol. The van der Waals surface area contributed by atoms with Gasteiger partial charge in [0.15, 0.2) is 6.10 Å². The lowest BCUT2D eigenvalue weighted by Crippen LogP contribution is -2.49. The fraction of sp³-hybridized carbons (Fsp3) is 0.286. The number of carbonyl (C=O) groups is 3. The van der Waals surface area contributed by atoms with Crippen LogP contribution in [0.2, 0.25) is 0 Å². The molecule has 2 N–H and O–H groups in total. The van der Waals surface area contributed by atoms with Crippen molar-refractivity contribution < 1.29 is 19.1 Å². The summed E-state index contributed by atoms with van der Waals surface area (Å²) in [5.41, 5.74) is 3.30. The third kappa shape index (κ3) is 4.14. The van der Waals surface area contributed by atoms with Gasteiger partial charge >= 0.3 is 0 Å². The molecular formula is C21H23N3O4. The molecule has 0 aliphatic carbocycles. The molecule has 0 saturated heterocycles. The molecule has 3 rings (SSSR count). The Morgan fingerprint density at radius 3 is 2.61 bits per heavy atom. The maximum Gasteiger partial charge on any atom is 0.268 e. The van der Waals surface area contributed by atoms with Crippen molar-refractivity contribution in [2.45, 2.75) is 26.9 Å². The van der Waals surface area contributed by atoms with Crippen LogP contribution in [0.25, 0.3) is 0 Å². The SMILES string of the molecule is Cc1cccc(NC(=O)CNC(=O)CN2C(=O)[C@@H](C)Oc3ccccc32)c1C. The lowest BCUT2D eigenvalue weighted by atomic mass is 10.1. The lowest BCUT2D eigenvalue weighted by molar-refractivity contribution is -0.128. The number of ether oxygens (including phenoxy) is 1. The Balaban J connectivity index is 1.59. The van der Waals surface area contributed by atoms with Crippen LogP contribution in [0.3, 0.4) is 0 Å². The molecule has 0 unspecified atom stereocenters. The van der Waals surface area contributed by atoms with Gasteiger partial charge in [-0.3, -0.25) is 19.3 Å². The van der Waals surface area contributed by atoms with E-state index in [4.69, 9.17) is 4.74 Å². The van der Waals surface area contributed by atoms with E-state index in [1.165, 1.54) is 4.90 Å². The Morgan fingerprint density at radius 1 is 1.07 bits per heavy atom. The van der Waals surface area contributed by atoms with E-state index < -0.39 is 12.0 Å². The number of carbonyl (C=O) groups excluding carboxylic acids is 3. The van der Waals surface area contributed by atoms with Gasteiger partial charge in [-0.2, -0.15) is 0 Å². The minimum absolute atomic E-state index is 0.179. The van der Waals surface area contributed by atoms with Gasteiger partial charge in [-0.1, -0.05) is 24.3 Å². The minimum atomic E-state index is -0.671. The first-order chi connectivity index (χ1) is 13.4. The minimum Gasteiger partial charge on any atom is -0.479 e. The molecule has 2 aromatic rings. The van der Waals surface area contributed by atoms with Gasteiger partial charge in [0.05, 0.1) is 12.2 Å². The highest BCUT2D eigenvalue weighted by molar-refractivity contribution is 6.04. The molecule has 1 aliphatic rings. The number of amides is 3. The summed E-state index contributed by atoms with van der Waals surface area (Å²) in [5.74, 6) is -0.499. The molecule has 0 fully saturated rings. The van der Waals surface area contributed by atoms with Gasteiger partial charge in [0.1, 0.15) is 12.3 Å². The van der Waals surface area contributed by atoms with E-state index in [1.807, 2.05) is 32.0 Å². The molecular weight excluding hydrogens is 358 g/mol. The topological polar surface area (TPSA) is 87.7 Å². The van der Waals surface area contributed by atoms with Crippen molar-refractivity contribution in [1.82, 2.24) is 5.32 Å². The number of nitrogens with zero attached hydrogens (tertiary/aromatic N) is 1. The van der Waals surface area contributed by atoms with Crippen molar-refractivity contribution in [2.24, 2.45) is 0 Å². The monoisotopic (exact) mass is 381 g/mol. The lowest BCUT2D eigenvalue weighted by Gasteiger charge is -2.32. The Bertz CT molecular complexity index is 926. The maximum atomic E-state index is 12.4. The maximum absolute atomic E-state index is 12.4. The van der Waals surface area contributed by atoms with Crippen LogP contribution in [0.1, 0.15) is 18.1 Å². The third-order valence-corrected chi connectivity index (χ3v) is 4.70. The summed E-state index contributed by atoms with van der Waals surface area (Å²) in [4.78, 5) is 38.3. The van der Waals surface area contributed by atoms with E-state index in [2.05, 4.69) is 10.6 Å². The molecule has 0 spiro atoms. The Labute approximate surface area is 163 Å². The summed E-state index contributed by atoms with van der Waals surface area (Å²) in [6.45, 7) is 5.17. The van der Waals surface area contributed by atoms with Gasteiger partial charge < -0.3 is 15.4 Å². The number of hydrogen-bond acceptors (Lipinski definition) is 4. The van der Waals surface area contributed by atoms with Crippen LogP contribution in [-0.2, 0) is 14.4 Å². The highest BCUT2D eigenvalue weighted by Gasteiger charge is 2.32.